The molecular formula is C20H23F3N2O3. The number of alkyl carbamates (subject to hydrolysis) is 1. The molecule has 2 atom stereocenters. The molecule has 3 aliphatic rings. The fourth-order valence-corrected chi connectivity index (χ4v) is 4.75. The first kappa shape index (κ1) is 19.1. The fourth-order valence-electron chi connectivity index (χ4n) is 4.75. The third-order valence-corrected chi connectivity index (χ3v) is 6.34. The number of nitrogens with one attached hydrogen (secondary N) is 1. The van der Waals surface area contributed by atoms with Crippen molar-refractivity contribution in [1.29, 1.82) is 0 Å². The van der Waals surface area contributed by atoms with Gasteiger partial charge in [-0.15, -0.1) is 0 Å². The predicted octanol–water partition coefficient (Wildman–Crippen LogP) is 3.69. The molecule has 1 N–H and O–H groups in total. The lowest BCUT2D eigenvalue weighted by molar-refractivity contribution is -0.144. The van der Waals surface area contributed by atoms with Crippen molar-refractivity contribution in [2.24, 2.45) is 5.92 Å². The van der Waals surface area contributed by atoms with Crippen molar-refractivity contribution in [3.05, 3.63) is 35.4 Å². The maximum Gasteiger partial charge on any atom is 0.416 e. The van der Waals surface area contributed by atoms with Gasteiger partial charge in [0, 0.05) is 18.5 Å². The molecule has 1 aromatic rings. The van der Waals surface area contributed by atoms with E-state index in [-0.39, 0.29) is 29.3 Å². The van der Waals surface area contributed by atoms with E-state index in [2.05, 4.69) is 5.32 Å². The number of alkyl halides is 3. The number of likely N-dealkylation sites (tertiary alicyclic amines) is 1. The highest BCUT2D eigenvalue weighted by atomic mass is 19.4. The Morgan fingerprint density at radius 2 is 1.93 bits per heavy atom. The van der Waals surface area contributed by atoms with Crippen LogP contribution < -0.4 is 5.32 Å². The van der Waals surface area contributed by atoms with Gasteiger partial charge in [0.2, 0.25) is 5.91 Å². The zero-order chi connectivity index (χ0) is 20.1. The van der Waals surface area contributed by atoms with E-state index in [4.69, 9.17) is 4.74 Å². The number of benzene rings is 1. The van der Waals surface area contributed by atoms with Crippen LogP contribution in [0.4, 0.5) is 18.0 Å². The highest BCUT2D eigenvalue weighted by Crippen LogP contribution is 2.43. The summed E-state index contributed by atoms with van der Waals surface area (Å²) in [4.78, 5) is 26.0. The van der Waals surface area contributed by atoms with E-state index < -0.39 is 17.8 Å². The van der Waals surface area contributed by atoms with Crippen LogP contribution in [0.1, 0.15) is 49.7 Å². The highest BCUT2D eigenvalue weighted by molar-refractivity contribution is 5.82. The molecule has 2 heterocycles. The van der Waals surface area contributed by atoms with Gasteiger partial charge in [0.1, 0.15) is 6.61 Å². The van der Waals surface area contributed by atoms with E-state index in [1.54, 1.807) is 12.1 Å². The van der Waals surface area contributed by atoms with Gasteiger partial charge in [-0.25, -0.2) is 4.79 Å². The average molecular weight is 396 g/mol. The second-order valence-electron chi connectivity index (χ2n) is 8.31. The summed E-state index contributed by atoms with van der Waals surface area (Å²) in [5.41, 5.74) is -0.127. The van der Waals surface area contributed by atoms with Crippen LogP contribution >= 0.6 is 0 Å². The number of carbonyl (C=O) groups excluding carboxylic acids is 2. The van der Waals surface area contributed by atoms with Crippen LogP contribution in [0.15, 0.2) is 24.3 Å². The smallest absolute Gasteiger partial charge is 0.416 e. The van der Waals surface area contributed by atoms with Gasteiger partial charge in [0.15, 0.2) is 0 Å². The minimum absolute atomic E-state index is 0.0273. The largest absolute Gasteiger partial charge is 0.447 e. The number of carbonyl (C=O) groups is 2. The van der Waals surface area contributed by atoms with Crippen LogP contribution in [0, 0.1) is 5.92 Å². The minimum Gasteiger partial charge on any atom is -0.447 e. The second-order valence-corrected chi connectivity index (χ2v) is 8.31. The molecule has 2 amide bonds. The number of ether oxygens (including phenoxy) is 1. The van der Waals surface area contributed by atoms with Gasteiger partial charge in [0.25, 0.3) is 0 Å². The summed E-state index contributed by atoms with van der Waals surface area (Å²) in [5.74, 6) is 0.147. The Hall–Kier alpha value is -2.25. The molecule has 4 rings (SSSR count). The number of rotatable bonds is 2. The Morgan fingerprint density at radius 1 is 1.25 bits per heavy atom. The van der Waals surface area contributed by atoms with Gasteiger partial charge in [-0.1, -0.05) is 12.1 Å². The summed E-state index contributed by atoms with van der Waals surface area (Å²) < 4.78 is 43.2. The first-order valence-corrected chi connectivity index (χ1v) is 9.59. The lowest BCUT2D eigenvalue weighted by Crippen LogP contribution is -2.59. The van der Waals surface area contributed by atoms with Gasteiger partial charge < -0.3 is 15.0 Å². The van der Waals surface area contributed by atoms with Gasteiger partial charge in [-0.05, 0) is 56.2 Å². The van der Waals surface area contributed by atoms with Crippen LogP contribution in [0.2, 0.25) is 0 Å². The Bertz CT molecular complexity index is 772. The number of hydrogen-bond acceptors (Lipinski definition) is 3. The van der Waals surface area contributed by atoms with Gasteiger partial charge in [0.05, 0.1) is 11.1 Å². The van der Waals surface area contributed by atoms with E-state index in [1.165, 1.54) is 0 Å². The van der Waals surface area contributed by atoms with Crippen molar-refractivity contribution in [2.75, 3.05) is 13.2 Å². The van der Waals surface area contributed by atoms with Crippen LogP contribution in [0.5, 0.6) is 0 Å². The van der Waals surface area contributed by atoms with Crippen molar-refractivity contribution in [3.8, 4) is 0 Å². The standard InChI is InChI=1S/C20H23F3N2O3/c1-12-8-14(13-2-4-16(5-3-13)20(21,22)23)6-7-25(12)17(26)15-9-19(10-15)11-28-18(27)24-19/h2-5,12,14-15H,6-11H2,1H3,(H,24,27). The second kappa shape index (κ2) is 6.67. The lowest BCUT2D eigenvalue weighted by Gasteiger charge is -2.46. The van der Waals surface area contributed by atoms with Crippen LogP contribution in [0.25, 0.3) is 0 Å². The average Bonchev–Trinajstić information content (AvgIpc) is 3.01. The summed E-state index contributed by atoms with van der Waals surface area (Å²) >= 11 is 0. The third-order valence-electron chi connectivity index (χ3n) is 6.34. The van der Waals surface area contributed by atoms with E-state index in [1.807, 2.05) is 11.8 Å². The Morgan fingerprint density at radius 3 is 2.46 bits per heavy atom. The van der Waals surface area contributed by atoms with Crippen LogP contribution in [0.3, 0.4) is 0 Å². The monoisotopic (exact) mass is 396 g/mol. The van der Waals surface area contributed by atoms with E-state index in [0.717, 1.165) is 30.5 Å². The fraction of sp³-hybridized carbons (Fsp3) is 0.600. The van der Waals surface area contributed by atoms with Crippen molar-refractivity contribution in [1.82, 2.24) is 10.2 Å². The number of piperidine rings is 1. The molecule has 28 heavy (non-hydrogen) atoms. The molecule has 0 bridgehead atoms. The molecule has 1 saturated carbocycles. The number of nitrogens with zero attached hydrogens (tertiary/aromatic N) is 1. The van der Waals surface area contributed by atoms with Crippen molar-refractivity contribution >= 4 is 12.0 Å². The van der Waals surface area contributed by atoms with E-state index in [9.17, 15) is 22.8 Å². The van der Waals surface area contributed by atoms with Crippen LogP contribution in [-0.2, 0) is 15.7 Å². The summed E-state index contributed by atoms with van der Waals surface area (Å²) in [5, 5.41) is 2.80. The van der Waals surface area contributed by atoms with Crippen molar-refractivity contribution in [3.63, 3.8) is 0 Å². The first-order chi connectivity index (χ1) is 13.2. The Balaban J connectivity index is 1.34. The molecule has 8 heteroatoms. The van der Waals surface area contributed by atoms with Crippen molar-refractivity contribution < 1.29 is 27.5 Å². The maximum absolute atomic E-state index is 12.9. The molecular weight excluding hydrogens is 373 g/mol. The summed E-state index contributed by atoms with van der Waals surface area (Å²) in [6, 6.07) is 5.39. The lowest BCUT2D eigenvalue weighted by atomic mass is 9.68. The van der Waals surface area contributed by atoms with Crippen molar-refractivity contribution in [2.45, 2.75) is 56.3 Å². The molecule has 0 aromatic heterocycles. The molecule has 152 valence electrons. The molecule has 1 aromatic carbocycles. The first-order valence-electron chi connectivity index (χ1n) is 9.59. The maximum atomic E-state index is 12.9. The molecule has 1 aliphatic carbocycles. The Labute approximate surface area is 161 Å². The highest BCUT2D eigenvalue weighted by Gasteiger charge is 2.53. The Kier molecular flexibility index (Phi) is 4.55. The number of cyclic esters (lactones) is 1. The molecule has 2 aliphatic heterocycles. The number of amides is 2. The summed E-state index contributed by atoms with van der Waals surface area (Å²) in [6.45, 7) is 2.91. The molecule has 1 spiro atoms. The number of halogens is 3. The minimum atomic E-state index is -4.33. The normalized spacial score (nSPS) is 32.6. The number of hydrogen-bond donors (Lipinski definition) is 1. The van der Waals surface area contributed by atoms with Crippen LogP contribution in [-0.4, -0.2) is 41.6 Å². The zero-order valence-corrected chi connectivity index (χ0v) is 15.6. The summed E-state index contributed by atoms with van der Waals surface area (Å²) in [6.07, 6.45) is -2.08. The molecule has 5 nitrogen and oxygen atoms in total. The molecule has 3 fully saturated rings. The van der Waals surface area contributed by atoms with E-state index >= 15 is 0 Å². The SMILES string of the molecule is CC1CC(c2ccc(C(F)(F)F)cc2)CCN1C(=O)C1CC2(COC(=O)N2)C1. The zero-order valence-electron chi connectivity index (χ0n) is 15.6. The topological polar surface area (TPSA) is 58.6 Å². The van der Waals surface area contributed by atoms with Gasteiger partial charge in [-0.3, -0.25) is 4.79 Å². The molecule has 0 radical (unpaired) electrons. The van der Waals surface area contributed by atoms with Gasteiger partial charge >= 0.3 is 12.3 Å². The summed E-state index contributed by atoms with van der Waals surface area (Å²) in [7, 11) is 0. The quantitative estimate of drug-likeness (QED) is 0.830. The molecule has 2 unspecified atom stereocenters. The molecule has 2 saturated heterocycles. The van der Waals surface area contributed by atoms with Gasteiger partial charge in [-0.2, -0.15) is 13.2 Å². The van der Waals surface area contributed by atoms with E-state index in [0.29, 0.717) is 26.0 Å². The third kappa shape index (κ3) is 3.44. The predicted molar refractivity (Wildman–Crippen MR) is 94.5 cm³/mol.